The molecule has 24 heavy (non-hydrogen) atoms. The van der Waals surface area contributed by atoms with Gasteiger partial charge in [0, 0.05) is 32.5 Å². The van der Waals surface area contributed by atoms with Crippen LogP contribution in [-0.2, 0) is 9.53 Å². The molecule has 6 nitrogen and oxygen atoms in total. The number of morpholine rings is 1. The molecule has 3 rings (SSSR count). The van der Waals surface area contributed by atoms with Gasteiger partial charge in [-0.25, -0.2) is 13.8 Å². The maximum atomic E-state index is 13.2. The Labute approximate surface area is 138 Å². The quantitative estimate of drug-likeness (QED) is 0.817. The first kappa shape index (κ1) is 16.6. The number of amides is 1. The first-order valence-electron chi connectivity index (χ1n) is 7.88. The van der Waals surface area contributed by atoms with Gasteiger partial charge in [-0.15, -0.1) is 0 Å². The van der Waals surface area contributed by atoms with Crippen molar-refractivity contribution in [3.63, 3.8) is 0 Å². The molecule has 1 atom stereocenters. The number of anilines is 1. The van der Waals surface area contributed by atoms with Crippen molar-refractivity contribution in [2.45, 2.75) is 24.9 Å². The number of pyridine rings is 1. The molecule has 0 N–H and O–H groups in total. The smallest absolute Gasteiger partial charge is 0.253 e. The van der Waals surface area contributed by atoms with Crippen LogP contribution >= 0.6 is 0 Å². The second-order valence-corrected chi connectivity index (χ2v) is 6.00. The lowest BCUT2D eigenvalue weighted by molar-refractivity contribution is -0.150. The molecular formula is C16H18F2N4O2. The molecule has 128 valence electrons. The molecule has 8 heteroatoms. The summed E-state index contributed by atoms with van der Waals surface area (Å²) in [6.07, 6.45) is 0.331. The van der Waals surface area contributed by atoms with Crippen molar-refractivity contribution in [2.24, 2.45) is 0 Å². The second kappa shape index (κ2) is 6.69. The van der Waals surface area contributed by atoms with Gasteiger partial charge in [-0.3, -0.25) is 4.79 Å². The predicted octanol–water partition coefficient (Wildman–Crippen LogP) is 1.42. The van der Waals surface area contributed by atoms with E-state index in [1.54, 1.807) is 18.3 Å². The van der Waals surface area contributed by atoms with Gasteiger partial charge in [-0.05, 0) is 12.1 Å². The molecule has 1 unspecified atom stereocenters. The highest BCUT2D eigenvalue weighted by atomic mass is 19.3. The van der Waals surface area contributed by atoms with Crippen molar-refractivity contribution in [3.05, 3.63) is 24.0 Å². The largest absolute Gasteiger partial charge is 0.365 e. The summed E-state index contributed by atoms with van der Waals surface area (Å²) in [4.78, 5) is 20.0. The number of halogens is 2. The highest BCUT2D eigenvalue weighted by Crippen LogP contribution is 2.28. The monoisotopic (exact) mass is 336 g/mol. The first-order chi connectivity index (χ1) is 11.5. The SMILES string of the molecule is N#Cc1ccc(N2CCOC(C(=O)N3CCC(F)(F)CC3)C2)cn1. The number of nitriles is 1. The maximum absolute atomic E-state index is 13.2. The van der Waals surface area contributed by atoms with E-state index >= 15 is 0 Å². The Bertz CT molecular complexity index is 634. The fourth-order valence-electron chi connectivity index (χ4n) is 2.93. The zero-order valence-electron chi connectivity index (χ0n) is 13.1. The van der Waals surface area contributed by atoms with Crippen LogP contribution in [0.4, 0.5) is 14.5 Å². The minimum atomic E-state index is -2.68. The van der Waals surface area contributed by atoms with Gasteiger partial charge >= 0.3 is 0 Å². The van der Waals surface area contributed by atoms with Gasteiger partial charge in [0.05, 0.1) is 25.0 Å². The number of carbonyl (C=O) groups is 1. The lowest BCUT2D eigenvalue weighted by Gasteiger charge is -2.38. The third-order valence-corrected chi connectivity index (χ3v) is 4.38. The molecule has 0 aliphatic carbocycles. The fourth-order valence-corrected chi connectivity index (χ4v) is 2.93. The van der Waals surface area contributed by atoms with Crippen molar-refractivity contribution < 1.29 is 18.3 Å². The van der Waals surface area contributed by atoms with Crippen molar-refractivity contribution in [1.82, 2.24) is 9.88 Å². The molecule has 3 heterocycles. The summed E-state index contributed by atoms with van der Waals surface area (Å²) < 4.78 is 32.0. The number of piperidine rings is 1. The van der Waals surface area contributed by atoms with E-state index in [-0.39, 0.29) is 31.8 Å². The van der Waals surface area contributed by atoms with Crippen LogP contribution in [0.5, 0.6) is 0 Å². The molecule has 0 aromatic carbocycles. The third kappa shape index (κ3) is 3.62. The molecule has 2 aliphatic heterocycles. The molecular weight excluding hydrogens is 318 g/mol. The number of aromatic nitrogens is 1. The Morgan fingerprint density at radius 1 is 1.33 bits per heavy atom. The molecule has 0 bridgehead atoms. The topological polar surface area (TPSA) is 69.5 Å². The Morgan fingerprint density at radius 2 is 2.08 bits per heavy atom. The lowest BCUT2D eigenvalue weighted by atomic mass is 10.1. The number of hydrogen-bond donors (Lipinski definition) is 0. The third-order valence-electron chi connectivity index (χ3n) is 4.38. The number of ether oxygens (including phenoxy) is 1. The van der Waals surface area contributed by atoms with E-state index in [2.05, 4.69) is 4.98 Å². The van der Waals surface area contributed by atoms with Gasteiger partial charge in [0.1, 0.15) is 11.8 Å². The number of hydrogen-bond acceptors (Lipinski definition) is 5. The zero-order chi connectivity index (χ0) is 17.2. The van der Waals surface area contributed by atoms with Gasteiger partial charge in [0.15, 0.2) is 6.10 Å². The van der Waals surface area contributed by atoms with Crippen LogP contribution < -0.4 is 4.90 Å². The van der Waals surface area contributed by atoms with Crippen molar-refractivity contribution in [3.8, 4) is 6.07 Å². The van der Waals surface area contributed by atoms with E-state index in [0.29, 0.717) is 25.4 Å². The molecule has 1 aromatic rings. The fraction of sp³-hybridized carbons (Fsp3) is 0.562. The minimum Gasteiger partial charge on any atom is -0.365 e. The van der Waals surface area contributed by atoms with Crippen molar-refractivity contribution in [2.75, 3.05) is 37.7 Å². The van der Waals surface area contributed by atoms with E-state index in [4.69, 9.17) is 10.00 Å². The molecule has 2 saturated heterocycles. The number of alkyl halides is 2. The average molecular weight is 336 g/mol. The normalized spacial score (nSPS) is 23.6. The molecule has 2 fully saturated rings. The summed E-state index contributed by atoms with van der Waals surface area (Å²) >= 11 is 0. The summed E-state index contributed by atoms with van der Waals surface area (Å²) in [7, 11) is 0. The predicted molar refractivity (Wildman–Crippen MR) is 81.7 cm³/mol. The van der Waals surface area contributed by atoms with Crippen molar-refractivity contribution >= 4 is 11.6 Å². The molecule has 1 aromatic heterocycles. The summed E-state index contributed by atoms with van der Waals surface area (Å²) in [5.74, 6) is -2.92. The Balaban J connectivity index is 1.62. The van der Waals surface area contributed by atoms with Gasteiger partial charge in [0.2, 0.25) is 0 Å². The minimum absolute atomic E-state index is 0.0596. The molecule has 2 aliphatic rings. The van der Waals surface area contributed by atoms with E-state index < -0.39 is 12.0 Å². The van der Waals surface area contributed by atoms with Crippen molar-refractivity contribution in [1.29, 1.82) is 5.26 Å². The zero-order valence-corrected chi connectivity index (χ0v) is 13.1. The van der Waals surface area contributed by atoms with Crippen LogP contribution in [0.25, 0.3) is 0 Å². The van der Waals surface area contributed by atoms with E-state index in [0.717, 1.165) is 5.69 Å². The van der Waals surface area contributed by atoms with Gasteiger partial charge < -0.3 is 14.5 Å². The van der Waals surface area contributed by atoms with E-state index in [1.807, 2.05) is 11.0 Å². The van der Waals surface area contributed by atoms with Crippen LogP contribution in [0.15, 0.2) is 18.3 Å². The first-order valence-corrected chi connectivity index (χ1v) is 7.88. The highest BCUT2D eigenvalue weighted by molar-refractivity contribution is 5.82. The summed E-state index contributed by atoms with van der Waals surface area (Å²) in [5.41, 5.74) is 1.13. The van der Waals surface area contributed by atoms with Gasteiger partial charge in [-0.2, -0.15) is 5.26 Å². The Kier molecular flexibility index (Phi) is 4.62. The van der Waals surface area contributed by atoms with Gasteiger partial charge in [0.25, 0.3) is 11.8 Å². The van der Waals surface area contributed by atoms with Crippen LogP contribution in [-0.4, -0.2) is 60.6 Å². The van der Waals surface area contributed by atoms with E-state index in [1.165, 1.54) is 4.90 Å². The van der Waals surface area contributed by atoms with Gasteiger partial charge in [-0.1, -0.05) is 0 Å². The number of carbonyl (C=O) groups excluding carboxylic acids is 1. The number of rotatable bonds is 2. The Morgan fingerprint density at radius 3 is 2.71 bits per heavy atom. The number of likely N-dealkylation sites (tertiary alicyclic amines) is 1. The van der Waals surface area contributed by atoms with Crippen LogP contribution in [0.3, 0.4) is 0 Å². The Hall–Kier alpha value is -2.27. The second-order valence-electron chi connectivity index (χ2n) is 6.00. The standard InChI is InChI=1S/C16H18F2N4O2/c17-16(18)3-5-21(6-4-16)15(23)14-11-22(7-8-24-14)13-2-1-12(9-19)20-10-13/h1-2,10,14H,3-8,11H2. The lowest BCUT2D eigenvalue weighted by Crippen LogP contribution is -2.53. The highest BCUT2D eigenvalue weighted by Gasteiger charge is 2.38. The molecule has 0 radical (unpaired) electrons. The molecule has 1 amide bonds. The summed E-state index contributed by atoms with van der Waals surface area (Å²) in [6.45, 7) is 1.45. The number of nitrogens with zero attached hydrogens (tertiary/aromatic N) is 4. The van der Waals surface area contributed by atoms with Crippen LogP contribution in [0, 0.1) is 11.3 Å². The van der Waals surface area contributed by atoms with Crippen LogP contribution in [0.1, 0.15) is 18.5 Å². The maximum Gasteiger partial charge on any atom is 0.253 e. The van der Waals surface area contributed by atoms with E-state index in [9.17, 15) is 13.6 Å². The van der Waals surface area contributed by atoms with Crippen LogP contribution in [0.2, 0.25) is 0 Å². The average Bonchev–Trinajstić information content (AvgIpc) is 2.61. The molecule has 0 spiro atoms. The molecule has 0 saturated carbocycles. The summed E-state index contributed by atoms with van der Waals surface area (Å²) in [5, 5.41) is 8.79. The summed E-state index contributed by atoms with van der Waals surface area (Å²) in [6, 6.07) is 5.35.